The zero-order chi connectivity index (χ0) is 17.2. The van der Waals surface area contributed by atoms with Gasteiger partial charge in [-0.05, 0) is 42.2 Å². The fraction of sp³-hybridized carbons (Fsp3) is 0.200. The Morgan fingerprint density at radius 3 is 2.92 bits per heavy atom. The average molecular weight is 335 g/mol. The third-order valence-electron chi connectivity index (χ3n) is 4.43. The van der Waals surface area contributed by atoms with Gasteiger partial charge in [-0.2, -0.15) is 0 Å². The Labute approximate surface area is 144 Å². The van der Waals surface area contributed by atoms with Crippen LogP contribution < -0.4 is 15.7 Å². The first-order chi connectivity index (χ1) is 12.2. The molecule has 1 atom stereocenters. The quantitative estimate of drug-likeness (QED) is 0.744. The second-order valence-corrected chi connectivity index (χ2v) is 6.10. The monoisotopic (exact) mass is 335 g/mol. The number of rotatable bonds is 4. The van der Waals surface area contributed by atoms with Gasteiger partial charge in [0.2, 0.25) is 0 Å². The van der Waals surface area contributed by atoms with E-state index in [1.54, 1.807) is 24.3 Å². The second kappa shape index (κ2) is 6.43. The molecule has 1 heterocycles. The van der Waals surface area contributed by atoms with Crippen LogP contribution in [0.5, 0.6) is 5.75 Å². The van der Waals surface area contributed by atoms with E-state index in [4.69, 9.17) is 9.15 Å². The summed E-state index contributed by atoms with van der Waals surface area (Å²) in [7, 11) is 0. The third kappa shape index (κ3) is 3.26. The molecular weight excluding hydrogens is 318 g/mol. The summed E-state index contributed by atoms with van der Waals surface area (Å²) in [5.74, 6) is 0.320. The number of fused-ring (bicyclic) bond motifs is 2. The molecular formula is C20H17NO4. The van der Waals surface area contributed by atoms with Crippen molar-refractivity contribution in [3.05, 3.63) is 76.1 Å². The van der Waals surface area contributed by atoms with E-state index in [2.05, 4.69) is 17.4 Å². The van der Waals surface area contributed by atoms with Crippen LogP contribution in [0.25, 0.3) is 11.0 Å². The molecule has 1 aliphatic rings. The van der Waals surface area contributed by atoms with Crippen molar-refractivity contribution in [1.29, 1.82) is 0 Å². The number of ether oxygens (including phenoxy) is 1. The van der Waals surface area contributed by atoms with Gasteiger partial charge in [0.05, 0.1) is 6.04 Å². The molecule has 0 saturated heterocycles. The molecule has 3 aromatic rings. The molecule has 0 radical (unpaired) electrons. The molecule has 1 aliphatic carbocycles. The lowest BCUT2D eigenvalue weighted by Crippen LogP contribution is -2.31. The largest absolute Gasteiger partial charge is 0.484 e. The van der Waals surface area contributed by atoms with Gasteiger partial charge in [-0.15, -0.1) is 0 Å². The first-order valence-electron chi connectivity index (χ1n) is 8.23. The van der Waals surface area contributed by atoms with Crippen LogP contribution in [0.15, 0.2) is 63.8 Å². The molecule has 5 nitrogen and oxygen atoms in total. The highest BCUT2D eigenvalue weighted by Crippen LogP contribution is 2.30. The Morgan fingerprint density at radius 2 is 2.00 bits per heavy atom. The van der Waals surface area contributed by atoms with E-state index >= 15 is 0 Å². The normalized spacial score (nSPS) is 15.8. The highest BCUT2D eigenvalue weighted by Gasteiger charge is 2.23. The molecule has 0 bridgehead atoms. The molecule has 0 aliphatic heterocycles. The summed E-state index contributed by atoms with van der Waals surface area (Å²) in [6.45, 7) is -0.0821. The first-order valence-corrected chi connectivity index (χ1v) is 8.23. The lowest BCUT2D eigenvalue weighted by atomic mass is 10.1. The lowest BCUT2D eigenvalue weighted by molar-refractivity contribution is -0.123. The second-order valence-electron chi connectivity index (χ2n) is 6.10. The van der Waals surface area contributed by atoms with E-state index in [1.165, 1.54) is 17.2 Å². The maximum Gasteiger partial charge on any atom is 0.336 e. The molecule has 1 unspecified atom stereocenters. The van der Waals surface area contributed by atoms with Crippen LogP contribution in [0.2, 0.25) is 0 Å². The molecule has 1 amide bonds. The van der Waals surface area contributed by atoms with Crippen molar-refractivity contribution in [1.82, 2.24) is 5.32 Å². The zero-order valence-electron chi connectivity index (χ0n) is 13.5. The van der Waals surface area contributed by atoms with E-state index in [0.717, 1.165) is 18.2 Å². The predicted octanol–water partition coefficient (Wildman–Crippen LogP) is 2.98. The topological polar surface area (TPSA) is 68.5 Å². The minimum atomic E-state index is -0.415. The van der Waals surface area contributed by atoms with Gasteiger partial charge in [0, 0.05) is 17.5 Å². The van der Waals surface area contributed by atoms with Crippen molar-refractivity contribution in [3.8, 4) is 5.75 Å². The van der Waals surface area contributed by atoms with Crippen molar-refractivity contribution < 1.29 is 13.9 Å². The summed E-state index contributed by atoms with van der Waals surface area (Å²) in [4.78, 5) is 23.5. The first kappa shape index (κ1) is 15.4. The fourth-order valence-electron chi connectivity index (χ4n) is 3.22. The number of hydrogen-bond acceptors (Lipinski definition) is 4. The van der Waals surface area contributed by atoms with Crippen LogP contribution in [0.1, 0.15) is 23.6 Å². The number of carbonyl (C=O) groups excluding carboxylic acids is 1. The Bertz CT molecular complexity index is 992. The molecule has 5 heteroatoms. The van der Waals surface area contributed by atoms with E-state index in [-0.39, 0.29) is 18.6 Å². The molecule has 4 rings (SSSR count). The molecule has 126 valence electrons. The van der Waals surface area contributed by atoms with E-state index in [9.17, 15) is 9.59 Å². The van der Waals surface area contributed by atoms with Crippen LogP contribution in [-0.2, 0) is 11.2 Å². The van der Waals surface area contributed by atoms with Gasteiger partial charge in [0.25, 0.3) is 5.91 Å². The van der Waals surface area contributed by atoms with Gasteiger partial charge in [-0.3, -0.25) is 4.79 Å². The van der Waals surface area contributed by atoms with Gasteiger partial charge in [0.1, 0.15) is 11.3 Å². The van der Waals surface area contributed by atoms with E-state index in [1.807, 2.05) is 12.1 Å². The SMILES string of the molecule is O=C(COc1ccc2ccc(=O)oc2c1)NC1CCc2ccccc21. The van der Waals surface area contributed by atoms with Crippen LogP contribution >= 0.6 is 0 Å². The van der Waals surface area contributed by atoms with Crippen molar-refractivity contribution >= 4 is 16.9 Å². The smallest absolute Gasteiger partial charge is 0.336 e. The lowest BCUT2D eigenvalue weighted by Gasteiger charge is -2.14. The van der Waals surface area contributed by atoms with Crippen molar-refractivity contribution in [3.63, 3.8) is 0 Å². The van der Waals surface area contributed by atoms with Crippen LogP contribution in [0.4, 0.5) is 0 Å². The zero-order valence-corrected chi connectivity index (χ0v) is 13.5. The van der Waals surface area contributed by atoms with Crippen LogP contribution in [0.3, 0.4) is 0 Å². The van der Waals surface area contributed by atoms with Gasteiger partial charge in [-0.1, -0.05) is 24.3 Å². The fourth-order valence-corrected chi connectivity index (χ4v) is 3.22. The van der Waals surface area contributed by atoms with Crippen molar-refractivity contribution in [2.45, 2.75) is 18.9 Å². The number of hydrogen-bond donors (Lipinski definition) is 1. The Balaban J connectivity index is 1.40. The number of amides is 1. The summed E-state index contributed by atoms with van der Waals surface area (Å²) < 4.78 is 10.7. The summed E-state index contributed by atoms with van der Waals surface area (Å²) in [5.41, 5.74) is 2.50. The Kier molecular flexibility index (Phi) is 3.98. The average Bonchev–Trinajstić information content (AvgIpc) is 3.02. The summed E-state index contributed by atoms with van der Waals surface area (Å²) in [5, 5.41) is 3.82. The van der Waals surface area contributed by atoms with Gasteiger partial charge in [-0.25, -0.2) is 4.79 Å². The number of aryl methyl sites for hydroxylation is 1. The Morgan fingerprint density at radius 1 is 1.16 bits per heavy atom. The Hall–Kier alpha value is -3.08. The molecule has 25 heavy (non-hydrogen) atoms. The van der Waals surface area contributed by atoms with Gasteiger partial charge in [0.15, 0.2) is 6.61 Å². The van der Waals surface area contributed by atoms with Crippen LogP contribution in [-0.4, -0.2) is 12.5 Å². The molecule has 0 spiro atoms. The third-order valence-corrected chi connectivity index (χ3v) is 4.43. The molecule has 2 aromatic carbocycles. The summed E-state index contributed by atoms with van der Waals surface area (Å²) in [6.07, 6.45) is 1.89. The van der Waals surface area contributed by atoms with E-state index < -0.39 is 5.63 Å². The van der Waals surface area contributed by atoms with Crippen LogP contribution in [0, 0.1) is 0 Å². The molecule has 1 aromatic heterocycles. The number of nitrogens with one attached hydrogen (secondary N) is 1. The van der Waals surface area contributed by atoms with Gasteiger partial charge >= 0.3 is 5.63 Å². The predicted molar refractivity (Wildman–Crippen MR) is 93.6 cm³/mol. The van der Waals surface area contributed by atoms with E-state index in [0.29, 0.717) is 11.3 Å². The molecule has 1 N–H and O–H groups in total. The minimum Gasteiger partial charge on any atom is -0.484 e. The van der Waals surface area contributed by atoms with Gasteiger partial charge < -0.3 is 14.5 Å². The standard InChI is InChI=1S/C20H17NO4/c22-19(21-17-9-6-13-3-1-2-4-16(13)17)12-24-15-8-5-14-7-10-20(23)25-18(14)11-15/h1-5,7-8,10-11,17H,6,9,12H2,(H,21,22). The van der Waals surface area contributed by atoms with Crippen molar-refractivity contribution in [2.75, 3.05) is 6.61 Å². The van der Waals surface area contributed by atoms with Crippen molar-refractivity contribution in [2.24, 2.45) is 0 Å². The maximum absolute atomic E-state index is 12.2. The summed E-state index contributed by atoms with van der Waals surface area (Å²) >= 11 is 0. The minimum absolute atomic E-state index is 0.0434. The highest BCUT2D eigenvalue weighted by molar-refractivity contribution is 5.79. The number of benzene rings is 2. The molecule has 0 fully saturated rings. The number of carbonyl (C=O) groups is 1. The maximum atomic E-state index is 12.2. The highest BCUT2D eigenvalue weighted by atomic mass is 16.5. The molecule has 0 saturated carbocycles. The summed E-state index contributed by atoms with van der Waals surface area (Å²) in [6, 6.07) is 16.4.